The second kappa shape index (κ2) is 6.32. The van der Waals surface area contributed by atoms with Gasteiger partial charge in [0.05, 0.1) is 5.69 Å². The van der Waals surface area contributed by atoms with Crippen LogP contribution in [0.3, 0.4) is 0 Å². The van der Waals surface area contributed by atoms with Gasteiger partial charge in [-0.05, 0) is 50.9 Å². The van der Waals surface area contributed by atoms with E-state index in [0.717, 1.165) is 34.1 Å². The highest BCUT2D eigenvalue weighted by molar-refractivity contribution is 9.11. The first-order valence-electron chi connectivity index (χ1n) is 4.35. The molecule has 2 nitrogen and oxygen atoms in total. The first-order chi connectivity index (χ1) is 6.74. The van der Waals surface area contributed by atoms with Crippen LogP contribution in [-0.2, 0) is 6.54 Å². The summed E-state index contributed by atoms with van der Waals surface area (Å²) in [4.78, 5) is 4.29. The molecule has 0 saturated carbocycles. The summed E-state index contributed by atoms with van der Waals surface area (Å²) in [5, 5.41) is 3.28. The van der Waals surface area contributed by atoms with Gasteiger partial charge in [0.15, 0.2) is 0 Å². The zero-order valence-electron chi connectivity index (χ0n) is 7.76. The normalized spacial score (nSPS) is 10.1. The standard InChI is InChI=1S/C10H12Br2N2/c1-2-3-4-13-7-10-9(12)5-8(11)6-14-10/h2,5-6,13H,1,3-4,7H2. The maximum Gasteiger partial charge on any atom is 0.0684 e. The minimum Gasteiger partial charge on any atom is -0.311 e. The fourth-order valence-corrected chi connectivity index (χ4v) is 2.11. The summed E-state index contributed by atoms with van der Waals surface area (Å²) in [5.41, 5.74) is 1.03. The van der Waals surface area contributed by atoms with Crippen molar-refractivity contribution < 1.29 is 0 Å². The number of hydrogen-bond donors (Lipinski definition) is 1. The first-order valence-corrected chi connectivity index (χ1v) is 5.94. The largest absolute Gasteiger partial charge is 0.311 e. The Labute approximate surface area is 101 Å². The molecule has 0 aliphatic rings. The van der Waals surface area contributed by atoms with Gasteiger partial charge in [-0.1, -0.05) is 6.08 Å². The number of nitrogens with one attached hydrogen (secondary N) is 1. The SMILES string of the molecule is C=CCCNCc1ncc(Br)cc1Br. The van der Waals surface area contributed by atoms with E-state index >= 15 is 0 Å². The molecule has 14 heavy (non-hydrogen) atoms. The monoisotopic (exact) mass is 318 g/mol. The van der Waals surface area contributed by atoms with Gasteiger partial charge in [0.25, 0.3) is 0 Å². The Morgan fingerprint density at radius 3 is 2.93 bits per heavy atom. The van der Waals surface area contributed by atoms with Crippen molar-refractivity contribution in [3.05, 3.63) is 39.6 Å². The quantitative estimate of drug-likeness (QED) is 0.665. The average Bonchev–Trinajstić information content (AvgIpc) is 2.15. The van der Waals surface area contributed by atoms with Gasteiger partial charge in [0, 0.05) is 21.7 Å². The summed E-state index contributed by atoms with van der Waals surface area (Å²) in [5.74, 6) is 0. The lowest BCUT2D eigenvalue weighted by Gasteiger charge is -2.04. The van der Waals surface area contributed by atoms with Gasteiger partial charge in [-0.2, -0.15) is 0 Å². The van der Waals surface area contributed by atoms with Crippen LogP contribution in [0.25, 0.3) is 0 Å². The lowest BCUT2D eigenvalue weighted by molar-refractivity contribution is 0.680. The fraction of sp³-hybridized carbons (Fsp3) is 0.300. The van der Waals surface area contributed by atoms with Crippen molar-refractivity contribution in [2.45, 2.75) is 13.0 Å². The van der Waals surface area contributed by atoms with Crippen molar-refractivity contribution in [1.29, 1.82) is 0 Å². The third kappa shape index (κ3) is 3.90. The Morgan fingerprint density at radius 2 is 2.29 bits per heavy atom. The van der Waals surface area contributed by atoms with Crippen molar-refractivity contribution in [3.8, 4) is 0 Å². The highest BCUT2D eigenvalue weighted by atomic mass is 79.9. The average molecular weight is 320 g/mol. The molecule has 1 aromatic heterocycles. The lowest BCUT2D eigenvalue weighted by atomic mass is 10.3. The molecule has 1 aromatic rings. The lowest BCUT2D eigenvalue weighted by Crippen LogP contribution is -2.15. The molecule has 0 fully saturated rings. The van der Waals surface area contributed by atoms with Crippen molar-refractivity contribution >= 4 is 31.9 Å². The Morgan fingerprint density at radius 1 is 1.50 bits per heavy atom. The van der Waals surface area contributed by atoms with Crippen LogP contribution in [0.1, 0.15) is 12.1 Å². The predicted molar refractivity (Wildman–Crippen MR) is 66.2 cm³/mol. The van der Waals surface area contributed by atoms with Crippen LogP contribution in [0.2, 0.25) is 0 Å². The number of aromatic nitrogens is 1. The first kappa shape index (κ1) is 11.9. The van der Waals surface area contributed by atoms with Gasteiger partial charge < -0.3 is 5.32 Å². The van der Waals surface area contributed by atoms with Crippen molar-refractivity contribution in [3.63, 3.8) is 0 Å². The zero-order chi connectivity index (χ0) is 10.4. The summed E-state index contributed by atoms with van der Waals surface area (Å²) >= 11 is 6.83. The summed E-state index contributed by atoms with van der Waals surface area (Å²) in [7, 11) is 0. The molecule has 0 bridgehead atoms. The molecule has 0 aromatic carbocycles. The van der Waals surface area contributed by atoms with Crippen molar-refractivity contribution in [1.82, 2.24) is 10.3 Å². The molecular formula is C10H12Br2N2. The van der Waals surface area contributed by atoms with Crippen LogP contribution in [0.5, 0.6) is 0 Å². The number of pyridine rings is 1. The van der Waals surface area contributed by atoms with Gasteiger partial charge in [-0.3, -0.25) is 4.98 Å². The Kier molecular flexibility index (Phi) is 5.37. The van der Waals surface area contributed by atoms with E-state index in [-0.39, 0.29) is 0 Å². The molecular weight excluding hydrogens is 308 g/mol. The van der Waals surface area contributed by atoms with E-state index in [0.29, 0.717) is 0 Å². The van der Waals surface area contributed by atoms with Crippen LogP contribution in [0, 0.1) is 0 Å². The van der Waals surface area contributed by atoms with E-state index in [4.69, 9.17) is 0 Å². The van der Waals surface area contributed by atoms with Crippen molar-refractivity contribution in [2.24, 2.45) is 0 Å². The van der Waals surface area contributed by atoms with E-state index in [1.54, 1.807) is 6.20 Å². The van der Waals surface area contributed by atoms with E-state index < -0.39 is 0 Å². The molecule has 1 heterocycles. The second-order valence-corrected chi connectivity index (χ2v) is 4.61. The van der Waals surface area contributed by atoms with E-state index in [9.17, 15) is 0 Å². The van der Waals surface area contributed by atoms with Crippen LogP contribution >= 0.6 is 31.9 Å². The number of nitrogens with zero attached hydrogens (tertiary/aromatic N) is 1. The molecule has 0 saturated heterocycles. The summed E-state index contributed by atoms with van der Waals surface area (Å²) < 4.78 is 2.01. The molecule has 1 N–H and O–H groups in total. The number of halogens is 2. The van der Waals surface area contributed by atoms with Gasteiger partial charge >= 0.3 is 0 Å². The summed E-state index contributed by atoms with van der Waals surface area (Å²) in [6.07, 6.45) is 4.68. The van der Waals surface area contributed by atoms with Gasteiger partial charge in [-0.15, -0.1) is 6.58 Å². The number of hydrogen-bond acceptors (Lipinski definition) is 2. The summed E-state index contributed by atoms with van der Waals surface area (Å²) in [6.45, 7) is 5.38. The molecule has 0 radical (unpaired) electrons. The van der Waals surface area contributed by atoms with E-state index in [1.165, 1.54) is 0 Å². The number of rotatable bonds is 5. The zero-order valence-corrected chi connectivity index (χ0v) is 10.9. The molecule has 0 aliphatic heterocycles. The van der Waals surface area contributed by atoms with Crippen LogP contribution in [0.4, 0.5) is 0 Å². The van der Waals surface area contributed by atoms with E-state index in [2.05, 4.69) is 48.7 Å². The smallest absolute Gasteiger partial charge is 0.0684 e. The molecule has 76 valence electrons. The Bertz CT molecular complexity index is 313. The van der Waals surface area contributed by atoms with Crippen LogP contribution in [-0.4, -0.2) is 11.5 Å². The molecule has 1 rings (SSSR count). The second-order valence-electron chi connectivity index (χ2n) is 2.84. The fourth-order valence-electron chi connectivity index (χ4n) is 0.984. The van der Waals surface area contributed by atoms with Gasteiger partial charge in [0.1, 0.15) is 0 Å². The molecule has 0 unspecified atom stereocenters. The minimum atomic E-state index is 0.779. The predicted octanol–water partition coefficient (Wildman–Crippen LogP) is 3.27. The molecule has 0 spiro atoms. The van der Waals surface area contributed by atoms with Gasteiger partial charge in [0.2, 0.25) is 0 Å². The third-order valence-electron chi connectivity index (χ3n) is 1.70. The highest BCUT2D eigenvalue weighted by Gasteiger charge is 2.00. The van der Waals surface area contributed by atoms with Crippen LogP contribution < -0.4 is 5.32 Å². The van der Waals surface area contributed by atoms with Gasteiger partial charge in [-0.25, -0.2) is 0 Å². The maximum atomic E-state index is 4.29. The molecule has 0 atom stereocenters. The van der Waals surface area contributed by atoms with Crippen molar-refractivity contribution in [2.75, 3.05) is 6.54 Å². The van der Waals surface area contributed by atoms with Crippen LogP contribution in [0.15, 0.2) is 33.9 Å². The van der Waals surface area contributed by atoms with E-state index in [1.807, 2.05) is 12.1 Å². The Balaban J connectivity index is 2.46. The highest BCUT2D eigenvalue weighted by Crippen LogP contribution is 2.19. The molecule has 4 heteroatoms. The molecule has 0 aliphatic carbocycles. The minimum absolute atomic E-state index is 0.779. The summed E-state index contributed by atoms with van der Waals surface area (Å²) in [6, 6.07) is 2.00. The Hall–Kier alpha value is -0.190. The molecule has 0 amide bonds. The maximum absolute atomic E-state index is 4.29. The topological polar surface area (TPSA) is 24.9 Å². The third-order valence-corrected chi connectivity index (χ3v) is 2.82.